The number of benzene rings is 2. The lowest BCUT2D eigenvalue weighted by Crippen LogP contribution is -2.40. The molecule has 10 heteroatoms. The van der Waals surface area contributed by atoms with Crippen LogP contribution in [0.25, 0.3) is 6.08 Å². The van der Waals surface area contributed by atoms with E-state index in [1.165, 1.54) is 11.3 Å². The number of thiazole rings is 1. The first-order chi connectivity index (χ1) is 19.2. The molecular weight excluding hydrogens is 532 g/mol. The molecule has 4 rings (SSSR count). The molecular formula is C30H34N2O7S. The van der Waals surface area contributed by atoms with Gasteiger partial charge in [0.05, 0.1) is 55.4 Å². The standard InChI is InChI=1S/C30H34N2O7S/c1-8-37-24-14-19(10-12-21(24)35-6)15-25-28(33)32-27(20-11-13-22(39-17(3)4)23(16-20)36-7)26(29(34)38-9-2)18(5)31-30(32)40-25/h10-17,27H,8-9H2,1-7H3/b25-15-/t27-/m0/s1. The SMILES string of the molecule is CCOC(=O)C1=C(C)N=c2s/c(=C\c3ccc(OC)c(OCC)c3)c(=O)n2[C@H]1c1ccc(OC(C)C)c(OC)c1. The largest absolute Gasteiger partial charge is 0.493 e. The van der Waals surface area contributed by atoms with Crippen molar-refractivity contribution in [3.8, 4) is 23.0 Å². The summed E-state index contributed by atoms with van der Waals surface area (Å²) in [6.07, 6.45) is 1.72. The molecule has 1 aliphatic heterocycles. The molecule has 1 aromatic heterocycles. The third kappa shape index (κ3) is 5.77. The Labute approximate surface area is 236 Å². The van der Waals surface area contributed by atoms with Gasteiger partial charge in [0.2, 0.25) is 0 Å². The predicted molar refractivity (Wildman–Crippen MR) is 153 cm³/mol. The summed E-state index contributed by atoms with van der Waals surface area (Å²) in [6.45, 7) is 9.90. The van der Waals surface area contributed by atoms with Crippen LogP contribution in [0.5, 0.6) is 23.0 Å². The Morgan fingerprint density at radius 1 is 1.02 bits per heavy atom. The lowest BCUT2D eigenvalue weighted by atomic mass is 9.95. The molecule has 0 amide bonds. The zero-order valence-corrected chi connectivity index (χ0v) is 24.6. The van der Waals surface area contributed by atoms with Crippen LogP contribution >= 0.6 is 11.3 Å². The molecule has 0 radical (unpaired) electrons. The molecule has 0 fully saturated rings. The van der Waals surface area contributed by atoms with Crippen molar-refractivity contribution in [3.05, 3.63) is 78.5 Å². The number of esters is 1. The highest BCUT2D eigenvalue weighted by molar-refractivity contribution is 7.07. The Hall–Kier alpha value is -4.05. The van der Waals surface area contributed by atoms with E-state index in [2.05, 4.69) is 4.99 Å². The fourth-order valence-corrected chi connectivity index (χ4v) is 5.56. The van der Waals surface area contributed by atoms with E-state index >= 15 is 0 Å². The summed E-state index contributed by atoms with van der Waals surface area (Å²) in [6, 6.07) is 10.1. The summed E-state index contributed by atoms with van der Waals surface area (Å²) in [5.74, 6) is 1.72. The number of rotatable bonds is 10. The molecule has 2 heterocycles. The number of hydrogen-bond donors (Lipinski definition) is 0. The zero-order chi connectivity index (χ0) is 29.0. The van der Waals surface area contributed by atoms with Gasteiger partial charge in [-0.2, -0.15) is 0 Å². The third-order valence-electron chi connectivity index (χ3n) is 6.17. The third-order valence-corrected chi connectivity index (χ3v) is 7.15. The summed E-state index contributed by atoms with van der Waals surface area (Å²) in [4.78, 5) is 32.2. The zero-order valence-electron chi connectivity index (χ0n) is 23.8. The number of aromatic nitrogens is 1. The van der Waals surface area contributed by atoms with Gasteiger partial charge in [-0.3, -0.25) is 9.36 Å². The maximum Gasteiger partial charge on any atom is 0.338 e. The van der Waals surface area contributed by atoms with Crippen molar-refractivity contribution < 1.29 is 28.5 Å². The van der Waals surface area contributed by atoms with Crippen LogP contribution in [0, 0.1) is 0 Å². The number of allylic oxidation sites excluding steroid dienone is 1. The first-order valence-corrected chi connectivity index (χ1v) is 13.9. The summed E-state index contributed by atoms with van der Waals surface area (Å²) < 4.78 is 30.0. The Morgan fingerprint density at radius 3 is 2.40 bits per heavy atom. The van der Waals surface area contributed by atoms with Crippen molar-refractivity contribution >= 4 is 23.4 Å². The van der Waals surface area contributed by atoms with Gasteiger partial charge >= 0.3 is 5.97 Å². The van der Waals surface area contributed by atoms with Crippen molar-refractivity contribution in [1.29, 1.82) is 0 Å². The van der Waals surface area contributed by atoms with Crippen LogP contribution in [0.4, 0.5) is 0 Å². The Balaban J connectivity index is 1.92. The number of carbonyl (C=O) groups is 1. The minimum absolute atomic E-state index is 0.0594. The molecule has 40 heavy (non-hydrogen) atoms. The molecule has 9 nitrogen and oxygen atoms in total. The summed E-state index contributed by atoms with van der Waals surface area (Å²) in [5.41, 5.74) is 1.94. The van der Waals surface area contributed by atoms with E-state index in [4.69, 9.17) is 23.7 Å². The van der Waals surface area contributed by atoms with Crippen molar-refractivity contribution in [2.75, 3.05) is 27.4 Å². The van der Waals surface area contributed by atoms with Crippen molar-refractivity contribution in [2.45, 2.75) is 46.8 Å². The van der Waals surface area contributed by atoms with Gasteiger partial charge in [-0.05, 0) is 76.1 Å². The van der Waals surface area contributed by atoms with Gasteiger partial charge in [0.25, 0.3) is 5.56 Å². The summed E-state index contributed by atoms with van der Waals surface area (Å²) in [7, 11) is 3.13. The molecule has 0 unspecified atom stereocenters. The van der Waals surface area contributed by atoms with Gasteiger partial charge in [-0.25, -0.2) is 9.79 Å². The second kappa shape index (κ2) is 12.4. The monoisotopic (exact) mass is 566 g/mol. The number of methoxy groups -OCH3 is 2. The Kier molecular flexibility index (Phi) is 8.99. The molecule has 1 aliphatic rings. The second-order valence-electron chi connectivity index (χ2n) is 9.22. The van der Waals surface area contributed by atoms with Gasteiger partial charge < -0.3 is 23.7 Å². The minimum atomic E-state index is -0.769. The molecule has 0 N–H and O–H groups in total. The van der Waals surface area contributed by atoms with E-state index in [9.17, 15) is 9.59 Å². The number of carbonyl (C=O) groups excluding carboxylic acids is 1. The normalized spacial score (nSPS) is 15.0. The van der Waals surface area contributed by atoms with Crippen LogP contribution in [0.3, 0.4) is 0 Å². The molecule has 0 spiro atoms. The molecule has 0 saturated carbocycles. The highest BCUT2D eigenvalue weighted by Crippen LogP contribution is 2.36. The second-order valence-corrected chi connectivity index (χ2v) is 10.2. The number of nitrogens with zero attached hydrogens (tertiary/aromatic N) is 2. The molecule has 2 aromatic carbocycles. The van der Waals surface area contributed by atoms with Gasteiger partial charge in [0.1, 0.15) is 0 Å². The average Bonchev–Trinajstić information content (AvgIpc) is 3.22. The van der Waals surface area contributed by atoms with E-state index in [-0.39, 0.29) is 18.3 Å². The van der Waals surface area contributed by atoms with Gasteiger partial charge in [-0.1, -0.05) is 23.5 Å². The van der Waals surface area contributed by atoms with E-state index in [0.29, 0.717) is 55.8 Å². The highest BCUT2D eigenvalue weighted by atomic mass is 32.1. The fraction of sp³-hybridized carbons (Fsp3) is 0.367. The van der Waals surface area contributed by atoms with Crippen molar-refractivity contribution in [1.82, 2.24) is 4.57 Å². The summed E-state index contributed by atoms with van der Waals surface area (Å²) in [5, 5.41) is 0. The van der Waals surface area contributed by atoms with Gasteiger partial charge in [-0.15, -0.1) is 0 Å². The highest BCUT2D eigenvalue weighted by Gasteiger charge is 2.34. The Morgan fingerprint density at radius 2 is 1.75 bits per heavy atom. The quantitative estimate of drug-likeness (QED) is 0.342. The number of ether oxygens (including phenoxy) is 5. The van der Waals surface area contributed by atoms with E-state index in [1.54, 1.807) is 56.9 Å². The van der Waals surface area contributed by atoms with Crippen LogP contribution < -0.4 is 33.8 Å². The van der Waals surface area contributed by atoms with E-state index in [1.807, 2.05) is 39.0 Å². The Bertz CT molecular complexity index is 1620. The molecule has 3 aromatic rings. The molecule has 0 saturated heterocycles. The molecule has 1 atom stereocenters. The topological polar surface area (TPSA) is 97.6 Å². The van der Waals surface area contributed by atoms with E-state index in [0.717, 1.165) is 5.56 Å². The number of fused-ring (bicyclic) bond motifs is 1. The lowest BCUT2D eigenvalue weighted by Gasteiger charge is -2.25. The van der Waals surface area contributed by atoms with E-state index < -0.39 is 12.0 Å². The maximum atomic E-state index is 13.9. The number of hydrogen-bond acceptors (Lipinski definition) is 9. The van der Waals surface area contributed by atoms with Gasteiger partial charge in [0, 0.05) is 0 Å². The first kappa shape index (κ1) is 28.9. The first-order valence-electron chi connectivity index (χ1n) is 13.1. The van der Waals surface area contributed by atoms with Crippen LogP contribution in [-0.2, 0) is 9.53 Å². The smallest absolute Gasteiger partial charge is 0.338 e. The molecule has 212 valence electrons. The molecule has 0 aliphatic carbocycles. The minimum Gasteiger partial charge on any atom is -0.493 e. The van der Waals surface area contributed by atoms with Crippen molar-refractivity contribution in [3.63, 3.8) is 0 Å². The summed E-state index contributed by atoms with van der Waals surface area (Å²) >= 11 is 1.25. The average molecular weight is 567 g/mol. The maximum absolute atomic E-state index is 13.9. The van der Waals surface area contributed by atoms with Crippen LogP contribution in [0.1, 0.15) is 51.8 Å². The van der Waals surface area contributed by atoms with Gasteiger partial charge in [0.15, 0.2) is 27.8 Å². The fourth-order valence-electron chi connectivity index (χ4n) is 4.52. The van der Waals surface area contributed by atoms with Crippen LogP contribution in [0.15, 0.2) is 57.5 Å². The van der Waals surface area contributed by atoms with Crippen LogP contribution in [-0.4, -0.2) is 44.1 Å². The van der Waals surface area contributed by atoms with Crippen molar-refractivity contribution in [2.24, 2.45) is 4.99 Å². The predicted octanol–water partition coefficient (Wildman–Crippen LogP) is 4.00. The van der Waals surface area contributed by atoms with Crippen LogP contribution in [0.2, 0.25) is 0 Å². The lowest BCUT2D eigenvalue weighted by molar-refractivity contribution is -0.139. The molecule has 0 bridgehead atoms.